The van der Waals surface area contributed by atoms with Gasteiger partial charge >= 0.3 is 0 Å². The first-order valence-corrected chi connectivity index (χ1v) is 6.43. The van der Waals surface area contributed by atoms with Gasteiger partial charge in [-0.25, -0.2) is 0 Å². The predicted molar refractivity (Wildman–Crippen MR) is 74.3 cm³/mol. The summed E-state index contributed by atoms with van der Waals surface area (Å²) in [6.45, 7) is 4.34. The van der Waals surface area contributed by atoms with E-state index in [-0.39, 0.29) is 19.3 Å². The maximum atomic E-state index is 9.76. The fourth-order valence-electron chi connectivity index (χ4n) is 1.73. The highest BCUT2D eigenvalue weighted by molar-refractivity contribution is 5.84. The van der Waals surface area contributed by atoms with E-state index >= 15 is 0 Å². The van der Waals surface area contributed by atoms with Gasteiger partial charge in [-0.1, -0.05) is 18.2 Å². The topological polar surface area (TPSA) is 51.6 Å². The highest BCUT2D eigenvalue weighted by Crippen LogP contribution is 2.22. The number of hydrogen-bond donors (Lipinski definition) is 1. The molecule has 2 rings (SSSR count). The van der Waals surface area contributed by atoms with Gasteiger partial charge in [-0.2, -0.15) is 0 Å². The summed E-state index contributed by atoms with van der Waals surface area (Å²) in [7, 11) is 0. The molecule has 0 aliphatic rings. The van der Waals surface area contributed by atoms with Gasteiger partial charge in [0, 0.05) is 11.6 Å². The van der Waals surface area contributed by atoms with E-state index in [0.717, 1.165) is 10.9 Å². The van der Waals surface area contributed by atoms with Crippen molar-refractivity contribution in [1.29, 1.82) is 0 Å². The third-order valence-corrected chi connectivity index (χ3v) is 2.65. The Bertz CT molecular complexity index is 522. The average Bonchev–Trinajstić information content (AvgIpc) is 2.42. The largest absolute Gasteiger partial charge is 0.489 e. The van der Waals surface area contributed by atoms with E-state index in [9.17, 15) is 5.11 Å². The third-order valence-electron chi connectivity index (χ3n) is 2.65. The number of benzene rings is 1. The molecule has 19 heavy (non-hydrogen) atoms. The van der Waals surface area contributed by atoms with Gasteiger partial charge < -0.3 is 14.6 Å². The van der Waals surface area contributed by atoms with Gasteiger partial charge in [0.2, 0.25) is 0 Å². The maximum absolute atomic E-state index is 9.76. The van der Waals surface area contributed by atoms with Gasteiger partial charge in [-0.15, -0.1) is 0 Å². The first-order chi connectivity index (χ1) is 9.16. The smallest absolute Gasteiger partial charge is 0.145 e. The lowest BCUT2D eigenvalue weighted by Gasteiger charge is -2.15. The number of aromatic nitrogens is 1. The van der Waals surface area contributed by atoms with Crippen LogP contribution in [0.25, 0.3) is 10.9 Å². The van der Waals surface area contributed by atoms with Crippen molar-refractivity contribution >= 4 is 10.9 Å². The summed E-state index contributed by atoms with van der Waals surface area (Å²) >= 11 is 0. The fourth-order valence-corrected chi connectivity index (χ4v) is 1.73. The number of rotatable bonds is 6. The molecule has 0 aliphatic heterocycles. The van der Waals surface area contributed by atoms with E-state index in [1.807, 2.05) is 44.2 Å². The van der Waals surface area contributed by atoms with E-state index in [1.165, 1.54) is 0 Å². The summed E-state index contributed by atoms with van der Waals surface area (Å²) in [5, 5.41) is 10.8. The molecule has 0 spiro atoms. The Morgan fingerprint density at radius 1 is 1.16 bits per heavy atom. The highest BCUT2D eigenvalue weighted by atomic mass is 16.5. The molecule has 102 valence electrons. The van der Waals surface area contributed by atoms with Crippen molar-refractivity contribution in [3.63, 3.8) is 0 Å². The first kappa shape index (κ1) is 13.8. The van der Waals surface area contributed by atoms with Gasteiger partial charge in [-0.05, 0) is 26.0 Å². The van der Waals surface area contributed by atoms with Crippen molar-refractivity contribution in [3.05, 3.63) is 36.5 Å². The summed E-state index contributed by atoms with van der Waals surface area (Å²) in [6.07, 6.45) is 1.20. The van der Waals surface area contributed by atoms with E-state index < -0.39 is 6.10 Å². The third kappa shape index (κ3) is 3.91. The van der Waals surface area contributed by atoms with Crippen LogP contribution in [0.5, 0.6) is 5.75 Å². The molecular formula is C15H19NO3. The summed E-state index contributed by atoms with van der Waals surface area (Å²) in [4.78, 5) is 4.30. The summed E-state index contributed by atoms with van der Waals surface area (Å²) < 4.78 is 11.0. The lowest BCUT2D eigenvalue weighted by molar-refractivity contribution is -0.0121. The molecule has 2 aromatic rings. The van der Waals surface area contributed by atoms with Crippen LogP contribution in [0.4, 0.5) is 0 Å². The van der Waals surface area contributed by atoms with Crippen molar-refractivity contribution in [2.45, 2.75) is 26.1 Å². The van der Waals surface area contributed by atoms with E-state index in [0.29, 0.717) is 5.75 Å². The Hall–Kier alpha value is -1.65. The molecule has 1 heterocycles. The van der Waals surface area contributed by atoms with Crippen LogP contribution < -0.4 is 4.74 Å². The normalized spacial score (nSPS) is 12.8. The summed E-state index contributed by atoms with van der Waals surface area (Å²) in [6, 6.07) is 9.61. The van der Waals surface area contributed by atoms with Crippen molar-refractivity contribution in [1.82, 2.24) is 4.98 Å². The lowest BCUT2D eigenvalue weighted by atomic mass is 10.2. The van der Waals surface area contributed by atoms with Crippen LogP contribution in [0, 0.1) is 0 Å². The molecule has 0 radical (unpaired) electrons. The molecule has 0 amide bonds. The van der Waals surface area contributed by atoms with E-state index in [4.69, 9.17) is 9.47 Å². The number of ether oxygens (including phenoxy) is 2. The molecule has 4 nitrogen and oxygen atoms in total. The highest BCUT2D eigenvalue weighted by Gasteiger charge is 2.09. The number of para-hydroxylation sites is 1. The van der Waals surface area contributed by atoms with Crippen molar-refractivity contribution in [2.75, 3.05) is 13.2 Å². The molecule has 1 aromatic heterocycles. The minimum Gasteiger partial charge on any atom is -0.489 e. The Kier molecular flexibility index (Phi) is 4.71. The molecular weight excluding hydrogens is 242 g/mol. The van der Waals surface area contributed by atoms with Crippen molar-refractivity contribution < 1.29 is 14.6 Å². The van der Waals surface area contributed by atoms with Crippen LogP contribution in [-0.2, 0) is 4.74 Å². The molecule has 1 aromatic carbocycles. The van der Waals surface area contributed by atoms with Gasteiger partial charge in [0.1, 0.15) is 24.0 Å². The molecule has 1 unspecified atom stereocenters. The van der Waals surface area contributed by atoms with Gasteiger partial charge in [-0.3, -0.25) is 4.98 Å². The molecule has 0 saturated carbocycles. The Labute approximate surface area is 113 Å². The standard InChI is InChI=1S/C15H19NO3/c1-11(2)18-9-13(17)10-19-14-7-3-5-12-6-4-8-16-15(12)14/h3-8,11,13,17H,9-10H2,1-2H3. The van der Waals surface area contributed by atoms with Crippen LogP contribution in [0.3, 0.4) is 0 Å². The number of pyridine rings is 1. The van der Waals surface area contributed by atoms with Gasteiger partial charge in [0.25, 0.3) is 0 Å². The zero-order chi connectivity index (χ0) is 13.7. The Balaban J connectivity index is 1.98. The van der Waals surface area contributed by atoms with Crippen molar-refractivity contribution in [2.24, 2.45) is 0 Å². The molecule has 1 N–H and O–H groups in total. The molecule has 0 bridgehead atoms. The number of aliphatic hydroxyl groups excluding tert-OH is 1. The molecule has 1 atom stereocenters. The second-order valence-corrected chi connectivity index (χ2v) is 4.68. The molecule has 0 fully saturated rings. The minimum atomic E-state index is -0.638. The monoisotopic (exact) mass is 261 g/mol. The zero-order valence-corrected chi connectivity index (χ0v) is 11.2. The van der Waals surface area contributed by atoms with Gasteiger partial charge in [0.15, 0.2) is 0 Å². The van der Waals surface area contributed by atoms with Crippen molar-refractivity contribution in [3.8, 4) is 5.75 Å². The number of nitrogens with zero attached hydrogens (tertiary/aromatic N) is 1. The Morgan fingerprint density at radius 2 is 1.95 bits per heavy atom. The first-order valence-electron chi connectivity index (χ1n) is 6.43. The Morgan fingerprint density at radius 3 is 2.74 bits per heavy atom. The minimum absolute atomic E-state index is 0.105. The number of hydrogen-bond acceptors (Lipinski definition) is 4. The summed E-state index contributed by atoms with van der Waals surface area (Å²) in [5.74, 6) is 0.682. The van der Waals surface area contributed by atoms with E-state index in [1.54, 1.807) is 6.20 Å². The van der Waals surface area contributed by atoms with Crippen LogP contribution in [0.15, 0.2) is 36.5 Å². The fraction of sp³-hybridized carbons (Fsp3) is 0.400. The van der Waals surface area contributed by atoms with Gasteiger partial charge in [0.05, 0.1) is 12.7 Å². The average molecular weight is 261 g/mol. The second kappa shape index (κ2) is 6.50. The number of aliphatic hydroxyl groups is 1. The molecule has 0 aliphatic carbocycles. The SMILES string of the molecule is CC(C)OCC(O)COc1cccc2cccnc12. The zero-order valence-electron chi connectivity index (χ0n) is 11.2. The second-order valence-electron chi connectivity index (χ2n) is 4.68. The van der Waals surface area contributed by atoms with Crippen LogP contribution in [-0.4, -0.2) is 35.5 Å². The summed E-state index contributed by atoms with van der Waals surface area (Å²) in [5.41, 5.74) is 0.807. The molecule has 4 heteroatoms. The van der Waals surface area contributed by atoms with Crippen LogP contribution >= 0.6 is 0 Å². The lowest BCUT2D eigenvalue weighted by Crippen LogP contribution is -2.25. The number of fused-ring (bicyclic) bond motifs is 1. The predicted octanol–water partition coefficient (Wildman–Crippen LogP) is 2.40. The van der Waals surface area contributed by atoms with Crippen LogP contribution in [0.2, 0.25) is 0 Å². The van der Waals surface area contributed by atoms with Crippen LogP contribution in [0.1, 0.15) is 13.8 Å². The molecule has 0 saturated heterocycles. The quantitative estimate of drug-likeness (QED) is 0.867. The maximum Gasteiger partial charge on any atom is 0.145 e. The van der Waals surface area contributed by atoms with E-state index in [2.05, 4.69) is 4.98 Å².